The Morgan fingerprint density at radius 3 is 2.68 bits per heavy atom. The number of guanidine groups is 1. The molecule has 4 nitrogen and oxygen atoms in total. The maximum Gasteiger partial charge on any atom is 0.191 e. The van der Waals surface area contributed by atoms with Crippen LogP contribution in [0.1, 0.15) is 38.2 Å². The molecule has 142 valence electrons. The molecule has 0 spiro atoms. The van der Waals surface area contributed by atoms with Crippen molar-refractivity contribution in [2.24, 2.45) is 4.99 Å². The van der Waals surface area contributed by atoms with Crippen molar-refractivity contribution in [3.63, 3.8) is 0 Å². The summed E-state index contributed by atoms with van der Waals surface area (Å²) in [7, 11) is 1.10. The van der Waals surface area contributed by atoms with Crippen molar-refractivity contribution in [1.29, 1.82) is 0 Å². The van der Waals surface area contributed by atoms with Crippen LogP contribution in [0.5, 0.6) is 0 Å². The van der Waals surface area contributed by atoms with E-state index in [0.717, 1.165) is 55.4 Å². The molecule has 3 unspecified atom stereocenters. The molecule has 0 aliphatic heterocycles. The first kappa shape index (κ1) is 22.7. The van der Waals surface area contributed by atoms with E-state index in [1.807, 2.05) is 31.2 Å². The van der Waals surface area contributed by atoms with Gasteiger partial charge in [0.2, 0.25) is 0 Å². The first-order chi connectivity index (χ1) is 11.6. The Balaban J connectivity index is 0.00000312. The topological polar surface area (TPSA) is 53.5 Å². The van der Waals surface area contributed by atoms with Crippen LogP contribution >= 0.6 is 35.6 Å². The first-order valence-corrected chi connectivity index (χ1v) is 10.5. The van der Waals surface area contributed by atoms with Crippen LogP contribution in [0.2, 0.25) is 5.02 Å². The average molecular weight is 498 g/mol. The van der Waals surface area contributed by atoms with E-state index in [-0.39, 0.29) is 24.0 Å². The predicted octanol–water partition coefficient (Wildman–Crippen LogP) is 3.75. The number of hydrogen-bond donors (Lipinski definition) is 2. The molecule has 2 N–H and O–H groups in total. The number of benzene rings is 1. The zero-order valence-electron chi connectivity index (χ0n) is 15.0. The Hall–Kier alpha value is -0.340. The van der Waals surface area contributed by atoms with E-state index in [1.165, 1.54) is 5.56 Å². The van der Waals surface area contributed by atoms with E-state index < -0.39 is 10.8 Å². The molecule has 25 heavy (non-hydrogen) atoms. The highest BCUT2D eigenvalue weighted by Gasteiger charge is 2.25. The Morgan fingerprint density at radius 2 is 2.04 bits per heavy atom. The van der Waals surface area contributed by atoms with E-state index in [0.29, 0.717) is 11.3 Å². The number of halogens is 2. The molecule has 1 aliphatic rings. The average Bonchev–Trinajstić information content (AvgIpc) is 2.62. The summed E-state index contributed by atoms with van der Waals surface area (Å²) >= 11 is 5.91. The zero-order chi connectivity index (χ0) is 17.4. The molecule has 0 amide bonds. The van der Waals surface area contributed by atoms with E-state index >= 15 is 0 Å². The summed E-state index contributed by atoms with van der Waals surface area (Å²) in [5.74, 6) is 1.59. The minimum absolute atomic E-state index is 0. The standard InChI is InChI=1S/C18H28ClN3OS.HI/c1-3-24(23)17-6-4-5-16(13-17)22-18(20-2)21-12-11-14-7-9-15(19)10-8-14;/h7-10,16-17H,3-6,11-13H2,1-2H3,(H2,20,21,22);1H. The molecular formula is C18H29ClIN3OS. The SMILES string of the molecule is CCS(=O)C1CCCC(NC(=NC)NCCc2ccc(Cl)cc2)C1.I. The fourth-order valence-corrected chi connectivity index (χ4v) is 4.59. The second-order valence-corrected chi connectivity index (χ2v) is 8.62. The van der Waals surface area contributed by atoms with Gasteiger partial charge < -0.3 is 10.6 Å². The van der Waals surface area contributed by atoms with Crippen LogP contribution in [0.3, 0.4) is 0 Å². The van der Waals surface area contributed by atoms with Gasteiger partial charge in [0.25, 0.3) is 0 Å². The van der Waals surface area contributed by atoms with Crippen molar-refractivity contribution in [3.05, 3.63) is 34.9 Å². The van der Waals surface area contributed by atoms with Crippen molar-refractivity contribution >= 4 is 52.3 Å². The summed E-state index contributed by atoms with van der Waals surface area (Å²) in [5, 5.41) is 7.95. The summed E-state index contributed by atoms with van der Waals surface area (Å²) < 4.78 is 12.0. The number of nitrogens with one attached hydrogen (secondary N) is 2. The molecule has 1 fully saturated rings. The van der Waals surface area contributed by atoms with Crippen LogP contribution in [0, 0.1) is 0 Å². The van der Waals surface area contributed by atoms with E-state index in [9.17, 15) is 4.21 Å². The summed E-state index contributed by atoms with van der Waals surface area (Å²) in [4.78, 5) is 4.31. The van der Waals surface area contributed by atoms with Crippen molar-refractivity contribution < 1.29 is 4.21 Å². The molecule has 1 aromatic carbocycles. The van der Waals surface area contributed by atoms with E-state index in [1.54, 1.807) is 7.05 Å². The lowest BCUT2D eigenvalue weighted by molar-refractivity contribution is 0.413. The number of hydrogen-bond acceptors (Lipinski definition) is 2. The molecule has 7 heteroatoms. The molecule has 0 heterocycles. The van der Waals surface area contributed by atoms with Gasteiger partial charge in [-0.25, -0.2) is 0 Å². The van der Waals surface area contributed by atoms with Gasteiger partial charge in [-0.05, 0) is 43.4 Å². The minimum atomic E-state index is -0.694. The highest BCUT2D eigenvalue weighted by Crippen LogP contribution is 2.22. The van der Waals surface area contributed by atoms with Crippen LogP contribution in [-0.4, -0.2) is 40.8 Å². The smallest absolute Gasteiger partial charge is 0.191 e. The van der Waals surface area contributed by atoms with Gasteiger partial charge in [-0.3, -0.25) is 9.20 Å². The fraction of sp³-hybridized carbons (Fsp3) is 0.611. The summed E-state index contributed by atoms with van der Waals surface area (Å²) in [6, 6.07) is 8.29. The summed E-state index contributed by atoms with van der Waals surface area (Å²) in [6.07, 6.45) is 5.23. The Morgan fingerprint density at radius 1 is 1.32 bits per heavy atom. The lowest BCUT2D eigenvalue weighted by atomic mass is 9.95. The second kappa shape index (κ2) is 12.1. The lowest BCUT2D eigenvalue weighted by Gasteiger charge is -2.30. The Labute approximate surface area is 176 Å². The number of aliphatic imine (C=N–C) groups is 1. The quantitative estimate of drug-likeness (QED) is 0.358. The van der Waals surface area contributed by atoms with Crippen LogP contribution in [0.4, 0.5) is 0 Å². The van der Waals surface area contributed by atoms with E-state index in [4.69, 9.17) is 11.6 Å². The van der Waals surface area contributed by atoms with Crippen LogP contribution < -0.4 is 10.6 Å². The maximum atomic E-state index is 12.0. The largest absolute Gasteiger partial charge is 0.356 e. The molecule has 1 aliphatic carbocycles. The van der Waals surface area contributed by atoms with E-state index in [2.05, 4.69) is 15.6 Å². The van der Waals surface area contributed by atoms with Crippen molar-refractivity contribution in [2.75, 3.05) is 19.3 Å². The van der Waals surface area contributed by atoms with Crippen LogP contribution in [-0.2, 0) is 17.2 Å². The number of nitrogens with zero attached hydrogens (tertiary/aromatic N) is 1. The first-order valence-electron chi connectivity index (χ1n) is 8.71. The third kappa shape index (κ3) is 7.83. The molecule has 0 bridgehead atoms. The van der Waals surface area contributed by atoms with Gasteiger partial charge in [-0.2, -0.15) is 0 Å². The molecule has 0 radical (unpaired) electrons. The van der Waals surface area contributed by atoms with Crippen molar-refractivity contribution in [1.82, 2.24) is 10.6 Å². The third-order valence-corrected chi connectivity index (χ3v) is 6.46. The summed E-state index contributed by atoms with van der Waals surface area (Å²) in [6.45, 7) is 2.82. The molecule has 1 saturated carbocycles. The molecule has 3 atom stereocenters. The highest BCUT2D eigenvalue weighted by molar-refractivity contribution is 14.0. The molecule has 2 rings (SSSR count). The van der Waals surface area contributed by atoms with Gasteiger partial charge in [-0.1, -0.05) is 37.1 Å². The molecule has 0 saturated heterocycles. The monoisotopic (exact) mass is 497 g/mol. The molecular weight excluding hydrogens is 469 g/mol. The normalized spacial score (nSPS) is 22.0. The van der Waals surface area contributed by atoms with Crippen molar-refractivity contribution in [3.8, 4) is 0 Å². The second-order valence-electron chi connectivity index (χ2n) is 6.17. The predicted molar refractivity (Wildman–Crippen MR) is 120 cm³/mol. The van der Waals surface area contributed by atoms with Gasteiger partial charge in [0.05, 0.1) is 0 Å². The lowest BCUT2D eigenvalue weighted by Crippen LogP contribution is -2.47. The molecule has 1 aromatic rings. The Bertz CT molecular complexity index is 568. The van der Waals surface area contributed by atoms with Crippen LogP contribution in [0.25, 0.3) is 0 Å². The van der Waals surface area contributed by atoms with Gasteiger partial charge >= 0.3 is 0 Å². The summed E-state index contributed by atoms with van der Waals surface area (Å²) in [5.41, 5.74) is 1.25. The Kier molecular flexibility index (Phi) is 11.0. The molecule has 0 aromatic heterocycles. The maximum absolute atomic E-state index is 12.0. The minimum Gasteiger partial charge on any atom is -0.356 e. The van der Waals surface area contributed by atoms with Gasteiger partial charge in [0.1, 0.15) is 0 Å². The fourth-order valence-electron chi connectivity index (χ4n) is 3.11. The third-order valence-electron chi connectivity index (χ3n) is 4.47. The van der Waals surface area contributed by atoms with Gasteiger partial charge in [0.15, 0.2) is 5.96 Å². The van der Waals surface area contributed by atoms with Crippen molar-refractivity contribution in [2.45, 2.75) is 50.3 Å². The zero-order valence-corrected chi connectivity index (χ0v) is 18.9. The highest BCUT2D eigenvalue weighted by atomic mass is 127. The van der Waals surface area contributed by atoms with Gasteiger partial charge in [0, 0.05) is 46.5 Å². The van der Waals surface area contributed by atoms with Crippen LogP contribution in [0.15, 0.2) is 29.3 Å². The van der Waals surface area contributed by atoms with Gasteiger partial charge in [-0.15, -0.1) is 24.0 Å². The number of rotatable bonds is 6.